The third-order valence-corrected chi connectivity index (χ3v) is 5.06. The van der Waals surface area contributed by atoms with E-state index in [0.717, 1.165) is 34.6 Å². The van der Waals surface area contributed by atoms with Crippen molar-refractivity contribution in [2.75, 3.05) is 7.05 Å². The van der Waals surface area contributed by atoms with Crippen LogP contribution in [-0.2, 0) is 22.7 Å². The van der Waals surface area contributed by atoms with Crippen molar-refractivity contribution in [2.45, 2.75) is 17.6 Å². The van der Waals surface area contributed by atoms with Crippen LogP contribution in [0.3, 0.4) is 0 Å². The Morgan fingerprint density at radius 2 is 1.57 bits per heavy atom. The van der Waals surface area contributed by atoms with Gasteiger partial charge in [-0.1, -0.05) is 18.2 Å². The molecule has 0 unspecified atom stereocenters. The topological polar surface area (TPSA) is 37.4 Å². The first kappa shape index (κ1) is 17.4. The first-order valence-corrected chi connectivity index (χ1v) is 7.93. The second-order valence-electron chi connectivity index (χ2n) is 4.87. The lowest BCUT2D eigenvalue weighted by Gasteiger charge is -2.20. The Hall–Kier alpha value is -1.93. The third kappa shape index (κ3) is 3.89. The molecule has 0 amide bonds. The highest BCUT2D eigenvalue weighted by Gasteiger charge is 2.34. The molecular weight excluding hydrogens is 334 g/mol. The lowest BCUT2D eigenvalue weighted by Crippen LogP contribution is -2.27. The van der Waals surface area contributed by atoms with Crippen molar-refractivity contribution in [1.82, 2.24) is 4.31 Å². The molecule has 0 atom stereocenters. The van der Waals surface area contributed by atoms with Gasteiger partial charge in [0.2, 0.25) is 10.0 Å². The van der Waals surface area contributed by atoms with Gasteiger partial charge in [-0.3, -0.25) is 0 Å². The molecule has 2 aromatic rings. The smallest absolute Gasteiger partial charge is 0.207 e. The van der Waals surface area contributed by atoms with E-state index in [4.69, 9.17) is 0 Å². The van der Waals surface area contributed by atoms with Crippen LogP contribution in [0.4, 0.5) is 17.6 Å². The van der Waals surface area contributed by atoms with E-state index in [0.29, 0.717) is 0 Å². The Morgan fingerprint density at radius 3 is 2.13 bits per heavy atom. The van der Waals surface area contributed by atoms with Crippen molar-refractivity contribution >= 4 is 10.0 Å². The molecule has 0 spiro atoms. The van der Waals surface area contributed by atoms with E-state index >= 15 is 0 Å². The van der Waals surface area contributed by atoms with Crippen molar-refractivity contribution in [3.8, 4) is 0 Å². The second-order valence-corrected chi connectivity index (χ2v) is 6.91. The Morgan fingerprint density at radius 1 is 1.00 bits per heavy atom. The monoisotopic (exact) mass is 347 g/mol. The van der Waals surface area contributed by atoms with Crippen LogP contribution in [0.2, 0.25) is 0 Å². The Balaban J connectivity index is 2.32. The maximum absolute atomic E-state index is 13.0. The molecule has 0 fully saturated rings. The highest BCUT2D eigenvalue weighted by Crippen LogP contribution is 2.32. The van der Waals surface area contributed by atoms with Crippen LogP contribution >= 0.6 is 0 Å². The fraction of sp³-hybridized carbons (Fsp3) is 0.200. The van der Waals surface area contributed by atoms with Gasteiger partial charge >= 0.3 is 6.18 Å². The molecule has 23 heavy (non-hydrogen) atoms. The third-order valence-electron chi connectivity index (χ3n) is 3.24. The molecule has 0 N–H and O–H groups in total. The average molecular weight is 347 g/mol. The van der Waals surface area contributed by atoms with Gasteiger partial charge in [-0.25, -0.2) is 12.8 Å². The van der Waals surface area contributed by atoms with Crippen molar-refractivity contribution in [3.63, 3.8) is 0 Å². The number of nitrogens with zero attached hydrogens (tertiary/aromatic N) is 1. The summed E-state index contributed by atoms with van der Waals surface area (Å²) < 4.78 is 77.2. The summed E-state index contributed by atoms with van der Waals surface area (Å²) in [5.41, 5.74) is -1.05. The molecule has 8 heteroatoms. The first-order chi connectivity index (χ1) is 10.6. The fourth-order valence-electron chi connectivity index (χ4n) is 2.05. The summed E-state index contributed by atoms with van der Waals surface area (Å²) >= 11 is 0. The first-order valence-electron chi connectivity index (χ1n) is 6.49. The number of sulfonamides is 1. The fourth-order valence-corrected chi connectivity index (χ4v) is 3.20. The quantitative estimate of drug-likeness (QED) is 0.792. The van der Waals surface area contributed by atoms with Crippen LogP contribution in [0.15, 0.2) is 53.4 Å². The van der Waals surface area contributed by atoms with E-state index in [-0.39, 0.29) is 10.5 Å². The maximum Gasteiger partial charge on any atom is 0.416 e. The van der Waals surface area contributed by atoms with Crippen LogP contribution < -0.4 is 0 Å². The summed E-state index contributed by atoms with van der Waals surface area (Å²) in [7, 11) is -2.84. The van der Waals surface area contributed by atoms with Crippen molar-refractivity contribution < 1.29 is 26.0 Å². The van der Waals surface area contributed by atoms with Crippen LogP contribution in [0, 0.1) is 5.82 Å². The summed E-state index contributed by atoms with van der Waals surface area (Å²) in [6.07, 6.45) is -4.57. The minimum atomic E-state index is -4.57. The molecule has 0 saturated heterocycles. The number of hydrogen-bond acceptors (Lipinski definition) is 2. The van der Waals surface area contributed by atoms with Gasteiger partial charge in [0.1, 0.15) is 5.82 Å². The number of halogens is 4. The Labute approximate surface area is 131 Å². The normalized spacial score (nSPS) is 12.6. The van der Waals surface area contributed by atoms with E-state index in [1.165, 1.54) is 25.2 Å². The summed E-state index contributed by atoms with van der Waals surface area (Å²) in [5.74, 6) is -0.603. The van der Waals surface area contributed by atoms with Crippen molar-refractivity contribution in [1.29, 1.82) is 0 Å². The van der Waals surface area contributed by atoms with Crippen molar-refractivity contribution in [3.05, 3.63) is 65.5 Å². The molecule has 0 aromatic heterocycles. The molecule has 0 radical (unpaired) electrons. The van der Waals surface area contributed by atoms with E-state index in [1.807, 2.05) is 0 Å². The number of rotatable bonds is 4. The summed E-state index contributed by atoms with van der Waals surface area (Å²) in [6.45, 7) is -0.449. The molecule has 0 aliphatic rings. The van der Waals surface area contributed by atoms with Gasteiger partial charge in [-0.05, 0) is 35.9 Å². The summed E-state index contributed by atoms with van der Waals surface area (Å²) in [4.78, 5) is -0.189. The van der Waals surface area contributed by atoms with E-state index in [9.17, 15) is 26.0 Å². The molecule has 0 aliphatic heterocycles. The Kier molecular flexibility index (Phi) is 4.76. The number of hydrogen-bond donors (Lipinski definition) is 0. The van der Waals surface area contributed by atoms with Crippen LogP contribution in [0.25, 0.3) is 0 Å². The van der Waals surface area contributed by atoms with Gasteiger partial charge in [0.15, 0.2) is 0 Å². The van der Waals surface area contributed by atoms with Gasteiger partial charge in [0.05, 0.1) is 10.5 Å². The van der Waals surface area contributed by atoms with Gasteiger partial charge in [-0.2, -0.15) is 17.5 Å². The molecule has 0 saturated carbocycles. The number of alkyl halides is 3. The zero-order valence-corrected chi connectivity index (χ0v) is 12.8. The van der Waals surface area contributed by atoms with E-state index < -0.39 is 34.1 Å². The summed E-state index contributed by atoms with van der Waals surface area (Å²) in [5, 5.41) is 0. The maximum atomic E-state index is 13.0. The largest absolute Gasteiger partial charge is 0.416 e. The van der Waals surface area contributed by atoms with Crippen LogP contribution in [0.5, 0.6) is 0 Å². The predicted molar refractivity (Wildman–Crippen MR) is 76.5 cm³/mol. The van der Waals surface area contributed by atoms with Crippen LogP contribution in [0.1, 0.15) is 11.1 Å². The molecule has 0 bridgehead atoms. The van der Waals surface area contributed by atoms with Gasteiger partial charge in [0, 0.05) is 13.6 Å². The molecule has 3 nitrogen and oxygen atoms in total. The lowest BCUT2D eigenvalue weighted by atomic mass is 10.1. The molecule has 2 rings (SSSR count). The highest BCUT2D eigenvalue weighted by molar-refractivity contribution is 7.89. The molecule has 0 heterocycles. The van der Waals surface area contributed by atoms with Gasteiger partial charge in [-0.15, -0.1) is 0 Å². The minimum Gasteiger partial charge on any atom is -0.207 e. The number of benzene rings is 2. The lowest BCUT2D eigenvalue weighted by molar-refractivity contribution is -0.138. The van der Waals surface area contributed by atoms with Crippen molar-refractivity contribution in [2.24, 2.45) is 0 Å². The average Bonchev–Trinajstić information content (AvgIpc) is 2.47. The van der Waals surface area contributed by atoms with E-state index in [2.05, 4.69) is 0 Å². The molecule has 124 valence electrons. The van der Waals surface area contributed by atoms with Gasteiger partial charge < -0.3 is 0 Å². The molecule has 0 aliphatic carbocycles. The SMILES string of the molecule is CN(Cc1ccccc1C(F)(F)F)S(=O)(=O)c1ccc(F)cc1. The van der Waals surface area contributed by atoms with Gasteiger partial charge in [0.25, 0.3) is 0 Å². The van der Waals surface area contributed by atoms with Crippen LogP contribution in [-0.4, -0.2) is 19.8 Å². The molecule has 2 aromatic carbocycles. The zero-order valence-electron chi connectivity index (χ0n) is 12.0. The Bertz CT molecular complexity index is 786. The second kappa shape index (κ2) is 6.29. The highest BCUT2D eigenvalue weighted by atomic mass is 32.2. The minimum absolute atomic E-state index is 0.159. The zero-order chi connectivity index (χ0) is 17.3. The molecular formula is C15H13F4NO2S. The predicted octanol–water partition coefficient (Wildman–Crippen LogP) is 3.67. The summed E-state index contributed by atoms with van der Waals surface area (Å²) in [6, 6.07) is 8.85. The van der Waals surface area contributed by atoms with E-state index in [1.54, 1.807) is 0 Å². The standard InChI is InChI=1S/C15H13F4NO2S/c1-20(23(21,22)13-8-6-12(16)7-9-13)10-11-4-2-3-5-14(11)15(17,18)19/h2-9H,10H2,1H3.